The van der Waals surface area contributed by atoms with E-state index in [-0.39, 0.29) is 0 Å². The molecule has 1 aliphatic rings. The minimum absolute atomic E-state index is 0.404. The average Bonchev–Trinajstić information content (AvgIpc) is 2.70. The monoisotopic (exact) mass is 349 g/mol. The number of piperidine rings is 1. The molecule has 0 saturated carbocycles. The first-order valence-corrected chi connectivity index (χ1v) is 9.39. The summed E-state index contributed by atoms with van der Waals surface area (Å²) < 4.78 is 0. The summed E-state index contributed by atoms with van der Waals surface area (Å²) in [6, 6.07) is 19.9. The molecule has 3 rings (SSSR count). The maximum Gasteiger partial charge on any atom is 0.0991 e. The molecule has 2 aromatic carbocycles. The summed E-state index contributed by atoms with van der Waals surface area (Å²) >= 11 is 0. The maximum atomic E-state index is 10.4. The van der Waals surface area contributed by atoms with Crippen molar-refractivity contribution in [2.75, 3.05) is 26.2 Å². The number of rotatable bonds is 7. The number of aliphatic hydroxyl groups is 1. The number of aliphatic hydroxyl groups excluding tert-OH is 1. The highest BCUT2D eigenvalue weighted by Gasteiger charge is 2.21. The van der Waals surface area contributed by atoms with Gasteiger partial charge in [0, 0.05) is 13.1 Å². The van der Waals surface area contributed by atoms with Crippen molar-refractivity contribution in [3.05, 3.63) is 71.3 Å². The number of hydrogen-bond acceptors (Lipinski definition) is 4. The quantitative estimate of drug-likeness (QED) is 0.806. The fourth-order valence-electron chi connectivity index (χ4n) is 3.57. The van der Waals surface area contributed by atoms with Crippen LogP contribution >= 0.6 is 0 Å². The molecule has 2 aromatic rings. The van der Waals surface area contributed by atoms with E-state index in [2.05, 4.69) is 22.4 Å². The Morgan fingerprint density at radius 3 is 2.62 bits per heavy atom. The summed E-state index contributed by atoms with van der Waals surface area (Å²) in [5, 5.41) is 22.9. The number of nitrogens with zero attached hydrogens (tertiary/aromatic N) is 2. The lowest BCUT2D eigenvalue weighted by atomic mass is 9.96. The highest BCUT2D eigenvalue weighted by atomic mass is 16.3. The Morgan fingerprint density at radius 2 is 1.88 bits per heavy atom. The molecule has 0 spiro atoms. The Morgan fingerprint density at radius 1 is 1.12 bits per heavy atom. The first-order valence-electron chi connectivity index (χ1n) is 9.39. The smallest absolute Gasteiger partial charge is 0.0991 e. The molecule has 2 N–H and O–H groups in total. The summed E-state index contributed by atoms with van der Waals surface area (Å²) in [7, 11) is 0. The van der Waals surface area contributed by atoms with Crippen LogP contribution in [-0.4, -0.2) is 36.2 Å². The molecule has 0 aromatic heterocycles. The fourth-order valence-corrected chi connectivity index (χ4v) is 3.57. The molecule has 0 aliphatic carbocycles. The van der Waals surface area contributed by atoms with E-state index in [9.17, 15) is 5.11 Å². The molecule has 0 amide bonds. The zero-order valence-corrected chi connectivity index (χ0v) is 15.1. The van der Waals surface area contributed by atoms with E-state index in [1.54, 1.807) is 0 Å². The summed E-state index contributed by atoms with van der Waals surface area (Å²) in [4.78, 5) is 2.37. The molecule has 0 radical (unpaired) electrons. The Labute approximate surface area is 156 Å². The van der Waals surface area contributed by atoms with Gasteiger partial charge in [-0.1, -0.05) is 42.5 Å². The van der Waals surface area contributed by atoms with Crippen LogP contribution in [0.5, 0.6) is 0 Å². The van der Waals surface area contributed by atoms with E-state index in [1.165, 1.54) is 0 Å². The average molecular weight is 349 g/mol. The van der Waals surface area contributed by atoms with Crippen molar-refractivity contribution in [2.24, 2.45) is 5.92 Å². The molecule has 4 heteroatoms. The molecule has 1 saturated heterocycles. The molecule has 1 aliphatic heterocycles. The molecular weight excluding hydrogens is 322 g/mol. The molecule has 26 heavy (non-hydrogen) atoms. The second kappa shape index (κ2) is 9.49. The minimum atomic E-state index is -0.404. The van der Waals surface area contributed by atoms with Crippen molar-refractivity contribution >= 4 is 0 Å². The van der Waals surface area contributed by atoms with E-state index in [1.807, 2.05) is 48.5 Å². The fraction of sp³-hybridized carbons (Fsp3) is 0.409. The van der Waals surface area contributed by atoms with Crippen LogP contribution in [0.1, 0.15) is 35.6 Å². The van der Waals surface area contributed by atoms with Crippen LogP contribution in [0.25, 0.3) is 0 Å². The van der Waals surface area contributed by atoms with Gasteiger partial charge in [0.25, 0.3) is 0 Å². The Hall–Kier alpha value is -2.19. The molecule has 1 atom stereocenters. The van der Waals surface area contributed by atoms with Gasteiger partial charge >= 0.3 is 0 Å². The van der Waals surface area contributed by atoms with Gasteiger partial charge in [-0.2, -0.15) is 5.26 Å². The van der Waals surface area contributed by atoms with Crippen LogP contribution in [0.3, 0.4) is 0 Å². The van der Waals surface area contributed by atoms with Crippen molar-refractivity contribution < 1.29 is 5.11 Å². The van der Waals surface area contributed by atoms with Crippen molar-refractivity contribution in [3.63, 3.8) is 0 Å². The zero-order chi connectivity index (χ0) is 18.2. The van der Waals surface area contributed by atoms with Gasteiger partial charge in [0.1, 0.15) is 0 Å². The largest absolute Gasteiger partial charge is 0.387 e. The molecule has 4 nitrogen and oxygen atoms in total. The third-order valence-corrected chi connectivity index (χ3v) is 5.14. The third kappa shape index (κ3) is 5.40. The molecule has 1 fully saturated rings. The van der Waals surface area contributed by atoms with E-state index in [0.717, 1.165) is 55.7 Å². The minimum Gasteiger partial charge on any atom is -0.387 e. The van der Waals surface area contributed by atoms with Crippen molar-refractivity contribution in [1.82, 2.24) is 10.2 Å². The van der Waals surface area contributed by atoms with Crippen LogP contribution < -0.4 is 5.32 Å². The second-order valence-corrected chi connectivity index (χ2v) is 7.11. The predicted molar refractivity (Wildman–Crippen MR) is 103 cm³/mol. The normalized spacial score (nSPS) is 16.9. The standard InChI is InChI=1S/C22H27N3O/c23-14-19-5-4-6-20(13-19)16-24-15-18-9-11-25(12-10-18)17-22(26)21-7-2-1-3-8-21/h1-8,13,18,22,24,26H,9-12,15-17H2/t22-/m1/s1. The van der Waals surface area contributed by atoms with Gasteiger partial charge in [0.05, 0.1) is 17.7 Å². The third-order valence-electron chi connectivity index (χ3n) is 5.14. The van der Waals surface area contributed by atoms with Gasteiger partial charge in [-0.3, -0.25) is 0 Å². The summed E-state index contributed by atoms with van der Waals surface area (Å²) in [5.74, 6) is 0.680. The number of benzene rings is 2. The van der Waals surface area contributed by atoms with Gasteiger partial charge in [-0.15, -0.1) is 0 Å². The van der Waals surface area contributed by atoms with E-state index >= 15 is 0 Å². The lowest BCUT2D eigenvalue weighted by molar-refractivity contribution is 0.0891. The molecular formula is C22H27N3O. The summed E-state index contributed by atoms with van der Waals surface area (Å²) in [6.07, 6.45) is 1.91. The molecule has 0 unspecified atom stereocenters. The topological polar surface area (TPSA) is 59.3 Å². The van der Waals surface area contributed by atoms with Crippen LogP contribution in [0.2, 0.25) is 0 Å². The van der Waals surface area contributed by atoms with Crippen molar-refractivity contribution in [3.8, 4) is 6.07 Å². The Bertz CT molecular complexity index is 718. The number of likely N-dealkylation sites (tertiary alicyclic amines) is 1. The van der Waals surface area contributed by atoms with Crippen LogP contribution in [-0.2, 0) is 6.54 Å². The lowest BCUT2D eigenvalue weighted by Crippen LogP contribution is -2.39. The van der Waals surface area contributed by atoms with Gasteiger partial charge in [-0.05, 0) is 61.7 Å². The van der Waals surface area contributed by atoms with Gasteiger partial charge in [0.15, 0.2) is 0 Å². The van der Waals surface area contributed by atoms with Crippen molar-refractivity contribution in [1.29, 1.82) is 5.26 Å². The SMILES string of the molecule is N#Cc1cccc(CNCC2CCN(C[C@@H](O)c3ccccc3)CC2)c1. The van der Waals surface area contributed by atoms with Crippen molar-refractivity contribution in [2.45, 2.75) is 25.5 Å². The highest BCUT2D eigenvalue weighted by molar-refractivity contribution is 5.32. The zero-order valence-electron chi connectivity index (χ0n) is 15.1. The number of nitrogens with one attached hydrogen (secondary N) is 1. The molecule has 136 valence electrons. The first kappa shape index (κ1) is 18.6. The highest BCUT2D eigenvalue weighted by Crippen LogP contribution is 2.20. The molecule has 0 bridgehead atoms. The van der Waals surface area contributed by atoms with Gasteiger partial charge in [-0.25, -0.2) is 0 Å². The number of nitriles is 1. The van der Waals surface area contributed by atoms with Crippen LogP contribution in [0.4, 0.5) is 0 Å². The lowest BCUT2D eigenvalue weighted by Gasteiger charge is -2.33. The Balaban J connectivity index is 1.36. The van der Waals surface area contributed by atoms with Gasteiger partial charge in [0.2, 0.25) is 0 Å². The van der Waals surface area contributed by atoms with Gasteiger partial charge < -0.3 is 15.3 Å². The maximum absolute atomic E-state index is 10.4. The van der Waals surface area contributed by atoms with E-state index in [4.69, 9.17) is 5.26 Å². The van der Waals surface area contributed by atoms with Crippen LogP contribution in [0, 0.1) is 17.2 Å². The first-order chi connectivity index (χ1) is 12.7. The Kier molecular flexibility index (Phi) is 6.79. The second-order valence-electron chi connectivity index (χ2n) is 7.11. The summed E-state index contributed by atoms with van der Waals surface area (Å²) in [6.45, 7) is 4.61. The van der Waals surface area contributed by atoms with Crippen LogP contribution in [0.15, 0.2) is 54.6 Å². The number of β-amino-alcohol motifs (C(OH)–C–C–N with tert-alkyl or cyclic N) is 1. The van der Waals surface area contributed by atoms with E-state index in [0.29, 0.717) is 12.5 Å². The summed E-state index contributed by atoms with van der Waals surface area (Å²) in [5.41, 5.74) is 2.87. The van der Waals surface area contributed by atoms with E-state index < -0.39 is 6.10 Å². The predicted octanol–water partition coefficient (Wildman–Crippen LogP) is 3.09. The number of hydrogen-bond donors (Lipinski definition) is 2. The molecule has 1 heterocycles.